The van der Waals surface area contributed by atoms with E-state index in [1.54, 1.807) is 17.0 Å². The molecule has 1 aliphatic heterocycles. The molecule has 6 heteroatoms. The third kappa shape index (κ3) is 3.86. The zero-order valence-corrected chi connectivity index (χ0v) is 16.1. The molecule has 1 amide bonds. The van der Waals surface area contributed by atoms with Crippen molar-refractivity contribution in [1.82, 2.24) is 0 Å². The standard InChI is InChI=1S/C22H24N2O4/c1-15(13-23-17-7-5-4-6-8-17)12-22(2)14-24(21(27)28-3)19-10-9-16(20(25)26)11-18(19)22/h4-11,23H,1,12-14H2,2-3H3,(H,25,26). The molecule has 0 saturated carbocycles. The third-order valence-electron chi connectivity index (χ3n) is 5.04. The minimum atomic E-state index is -0.994. The van der Waals surface area contributed by atoms with E-state index in [0.29, 0.717) is 25.2 Å². The normalized spacial score (nSPS) is 17.7. The van der Waals surface area contributed by atoms with Crippen LogP contribution in [0.1, 0.15) is 29.3 Å². The van der Waals surface area contributed by atoms with Crippen molar-refractivity contribution in [2.45, 2.75) is 18.8 Å². The summed E-state index contributed by atoms with van der Waals surface area (Å²) in [5, 5.41) is 12.7. The number of amides is 1. The Hall–Kier alpha value is -3.28. The minimum absolute atomic E-state index is 0.199. The van der Waals surface area contributed by atoms with E-state index in [1.165, 1.54) is 13.2 Å². The van der Waals surface area contributed by atoms with Crippen LogP contribution in [0.5, 0.6) is 0 Å². The molecule has 0 aliphatic carbocycles. The SMILES string of the molecule is C=C(CNc1ccccc1)CC1(C)CN(C(=O)OC)c2ccc(C(=O)O)cc21. The Morgan fingerprint density at radius 3 is 2.61 bits per heavy atom. The molecule has 1 unspecified atom stereocenters. The number of rotatable bonds is 6. The van der Waals surface area contributed by atoms with Gasteiger partial charge >= 0.3 is 12.1 Å². The van der Waals surface area contributed by atoms with Gasteiger partial charge in [-0.25, -0.2) is 9.59 Å². The van der Waals surface area contributed by atoms with Crippen molar-refractivity contribution in [2.24, 2.45) is 0 Å². The van der Waals surface area contributed by atoms with Crippen LogP contribution in [0.4, 0.5) is 16.2 Å². The molecule has 0 aromatic heterocycles. The average Bonchev–Trinajstić information content (AvgIpc) is 2.98. The molecule has 0 fully saturated rings. The Balaban J connectivity index is 1.83. The number of nitrogens with one attached hydrogen (secondary N) is 1. The van der Waals surface area contributed by atoms with Gasteiger partial charge in [0.05, 0.1) is 18.4 Å². The Morgan fingerprint density at radius 1 is 1.25 bits per heavy atom. The summed E-state index contributed by atoms with van der Waals surface area (Å²) in [4.78, 5) is 25.2. The Labute approximate surface area is 164 Å². The average molecular weight is 380 g/mol. The van der Waals surface area contributed by atoms with Crippen LogP contribution in [0.2, 0.25) is 0 Å². The minimum Gasteiger partial charge on any atom is -0.478 e. The first kappa shape index (κ1) is 19.5. The fourth-order valence-corrected chi connectivity index (χ4v) is 3.73. The molecular formula is C22H24N2O4. The second-order valence-electron chi connectivity index (χ2n) is 7.30. The van der Waals surface area contributed by atoms with Crippen LogP contribution in [0.3, 0.4) is 0 Å². The van der Waals surface area contributed by atoms with Crippen molar-refractivity contribution >= 4 is 23.4 Å². The van der Waals surface area contributed by atoms with Crippen LogP contribution >= 0.6 is 0 Å². The number of aromatic carboxylic acids is 1. The van der Waals surface area contributed by atoms with Crippen LogP contribution in [0.25, 0.3) is 0 Å². The number of fused-ring (bicyclic) bond motifs is 1. The molecular weight excluding hydrogens is 356 g/mol. The fourth-order valence-electron chi connectivity index (χ4n) is 3.73. The van der Waals surface area contributed by atoms with Crippen LogP contribution < -0.4 is 10.2 Å². The van der Waals surface area contributed by atoms with Crippen LogP contribution in [-0.2, 0) is 10.2 Å². The van der Waals surface area contributed by atoms with Gasteiger partial charge < -0.3 is 15.2 Å². The van der Waals surface area contributed by atoms with Gasteiger partial charge in [-0.3, -0.25) is 4.90 Å². The van der Waals surface area contributed by atoms with Gasteiger partial charge in [-0.05, 0) is 42.3 Å². The number of ether oxygens (including phenoxy) is 1. The number of hydrogen-bond acceptors (Lipinski definition) is 4. The topological polar surface area (TPSA) is 78.9 Å². The van der Waals surface area contributed by atoms with E-state index >= 15 is 0 Å². The Bertz CT molecular complexity index is 910. The fraction of sp³-hybridized carbons (Fsp3) is 0.273. The van der Waals surface area contributed by atoms with Crippen molar-refractivity contribution in [3.8, 4) is 0 Å². The summed E-state index contributed by atoms with van der Waals surface area (Å²) in [6.45, 7) is 7.20. The van der Waals surface area contributed by atoms with Gasteiger partial charge in [0.15, 0.2) is 0 Å². The number of para-hydroxylation sites is 1. The largest absolute Gasteiger partial charge is 0.478 e. The second-order valence-corrected chi connectivity index (χ2v) is 7.30. The summed E-state index contributed by atoms with van der Waals surface area (Å²) in [5.41, 5.74) is 3.21. The predicted molar refractivity (Wildman–Crippen MR) is 109 cm³/mol. The first-order valence-corrected chi connectivity index (χ1v) is 9.03. The monoisotopic (exact) mass is 380 g/mol. The lowest BCUT2D eigenvalue weighted by atomic mass is 9.78. The Kier molecular flexibility index (Phi) is 5.40. The van der Waals surface area contributed by atoms with Crippen molar-refractivity contribution in [2.75, 3.05) is 30.4 Å². The molecule has 1 atom stereocenters. The third-order valence-corrected chi connectivity index (χ3v) is 5.04. The number of hydrogen-bond donors (Lipinski definition) is 2. The number of benzene rings is 2. The number of methoxy groups -OCH3 is 1. The lowest BCUT2D eigenvalue weighted by molar-refractivity contribution is 0.0696. The molecule has 0 spiro atoms. The van der Waals surface area contributed by atoms with E-state index in [1.807, 2.05) is 37.3 Å². The summed E-state index contributed by atoms with van der Waals surface area (Å²) in [7, 11) is 1.34. The molecule has 2 N–H and O–H groups in total. The summed E-state index contributed by atoms with van der Waals surface area (Å²) in [6, 6.07) is 14.7. The number of carbonyl (C=O) groups excluding carboxylic acids is 1. The van der Waals surface area contributed by atoms with Gasteiger partial charge in [0.2, 0.25) is 0 Å². The highest BCUT2D eigenvalue weighted by atomic mass is 16.5. The number of nitrogens with zero attached hydrogens (tertiary/aromatic N) is 1. The summed E-state index contributed by atoms with van der Waals surface area (Å²) < 4.78 is 4.91. The zero-order chi connectivity index (χ0) is 20.3. The van der Waals surface area contributed by atoms with E-state index in [9.17, 15) is 14.7 Å². The molecule has 1 heterocycles. The van der Waals surface area contributed by atoms with Crippen LogP contribution in [0, 0.1) is 0 Å². The van der Waals surface area contributed by atoms with E-state index in [0.717, 1.165) is 16.8 Å². The maximum Gasteiger partial charge on any atom is 0.414 e. The quantitative estimate of drug-likeness (QED) is 0.731. The maximum atomic E-state index is 12.2. The highest BCUT2D eigenvalue weighted by Crippen LogP contribution is 2.44. The first-order chi connectivity index (χ1) is 13.3. The predicted octanol–water partition coefficient (Wildman–Crippen LogP) is 4.29. The van der Waals surface area contributed by atoms with Crippen molar-refractivity contribution < 1.29 is 19.4 Å². The summed E-state index contributed by atoms with van der Waals surface area (Å²) >= 11 is 0. The van der Waals surface area contributed by atoms with E-state index in [-0.39, 0.29) is 5.56 Å². The smallest absolute Gasteiger partial charge is 0.414 e. The van der Waals surface area contributed by atoms with Crippen molar-refractivity contribution in [1.29, 1.82) is 0 Å². The van der Waals surface area contributed by atoms with Crippen molar-refractivity contribution in [3.63, 3.8) is 0 Å². The van der Waals surface area contributed by atoms with Gasteiger partial charge in [0, 0.05) is 24.2 Å². The van der Waals surface area contributed by atoms with E-state index in [4.69, 9.17) is 4.74 Å². The molecule has 3 rings (SSSR count). The lowest BCUT2D eigenvalue weighted by Crippen LogP contribution is -2.35. The molecule has 0 saturated heterocycles. The number of anilines is 2. The maximum absolute atomic E-state index is 12.2. The van der Waals surface area contributed by atoms with Crippen LogP contribution in [0.15, 0.2) is 60.7 Å². The van der Waals surface area contributed by atoms with E-state index in [2.05, 4.69) is 11.9 Å². The highest BCUT2D eigenvalue weighted by Gasteiger charge is 2.42. The molecule has 28 heavy (non-hydrogen) atoms. The van der Waals surface area contributed by atoms with Gasteiger partial charge in [0.25, 0.3) is 0 Å². The highest BCUT2D eigenvalue weighted by molar-refractivity contribution is 5.94. The summed E-state index contributed by atoms with van der Waals surface area (Å²) in [5.74, 6) is -0.994. The molecule has 0 bridgehead atoms. The van der Waals surface area contributed by atoms with Gasteiger partial charge in [-0.15, -0.1) is 0 Å². The second kappa shape index (κ2) is 7.76. The molecule has 6 nitrogen and oxygen atoms in total. The van der Waals surface area contributed by atoms with Gasteiger partial charge in [0.1, 0.15) is 0 Å². The molecule has 1 aliphatic rings. The number of carboxylic acid groups (broad SMARTS) is 1. The molecule has 2 aromatic carbocycles. The Morgan fingerprint density at radius 2 is 1.96 bits per heavy atom. The van der Waals surface area contributed by atoms with Crippen molar-refractivity contribution in [3.05, 3.63) is 71.8 Å². The van der Waals surface area contributed by atoms with Gasteiger partial charge in [-0.2, -0.15) is 0 Å². The summed E-state index contributed by atoms with van der Waals surface area (Å²) in [6.07, 6.45) is 0.150. The van der Waals surface area contributed by atoms with Crippen LogP contribution in [-0.4, -0.2) is 37.4 Å². The first-order valence-electron chi connectivity index (χ1n) is 9.03. The molecule has 146 valence electrons. The molecule has 2 aromatic rings. The molecule has 0 radical (unpaired) electrons. The number of carbonyl (C=O) groups is 2. The number of carboxylic acids is 1. The zero-order valence-electron chi connectivity index (χ0n) is 16.1. The van der Waals surface area contributed by atoms with E-state index < -0.39 is 17.5 Å². The lowest BCUT2D eigenvalue weighted by Gasteiger charge is -2.27. The van der Waals surface area contributed by atoms with Gasteiger partial charge in [-0.1, -0.05) is 37.3 Å².